The minimum atomic E-state index is -0.219. The van der Waals surface area contributed by atoms with Crippen molar-refractivity contribution in [1.82, 2.24) is 9.55 Å². The maximum Gasteiger partial charge on any atom is 0.123 e. The summed E-state index contributed by atoms with van der Waals surface area (Å²) in [5.41, 5.74) is 4.20. The smallest absolute Gasteiger partial charge is 0.123 e. The van der Waals surface area contributed by atoms with Crippen LogP contribution in [0.25, 0.3) is 27.7 Å². The zero-order valence-electron chi connectivity index (χ0n) is 11.8. The Morgan fingerprint density at radius 2 is 1.68 bits per heavy atom. The first-order valence-electron chi connectivity index (χ1n) is 7.09. The number of hydrogen-bond donors (Lipinski definition) is 0. The van der Waals surface area contributed by atoms with E-state index in [2.05, 4.69) is 33.8 Å². The molecule has 2 aromatic heterocycles. The lowest BCUT2D eigenvalue weighted by molar-refractivity contribution is 0.628. The lowest BCUT2D eigenvalue weighted by Gasteiger charge is -2.07. The van der Waals surface area contributed by atoms with Crippen LogP contribution in [0, 0.1) is 5.82 Å². The third kappa shape index (κ3) is 2.17. The summed E-state index contributed by atoms with van der Waals surface area (Å²) in [6.45, 7) is 0. The van der Waals surface area contributed by atoms with E-state index in [1.165, 1.54) is 12.1 Å². The fourth-order valence-corrected chi connectivity index (χ4v) is 2.67. The van der Waals surface area contributed by atoms with Crippen molar-refractivity contribution in [3.05, 3.63) is 85.1 Å². The zero-order chi connectivity index (χ0) is 14.9. The van der Waals surface area contributed by atoms with Crippen LogP contribution >= 0.6 is 0 Å². The summed E-state index contributed by atoms with van der Waals surface area (Å²) in [4.78, 5) is 4.18. The van der Waals surface area contributed by atoms with Gasteiger partial charge in [-0.1, -0.05) is 24.3 Å². The Kier molecular flexibility index (Phi) is 2.97. The molecule has 2 heterocycles. The van der Waals surface area contributed by atoms with Gasteiger partial charge in [-0.2, -0.15) is 0 Å². The highest BCUT2D eigenvalue weighted by molar-refractivity contribution is 5.86. The number of fused-ring (bicyclic) bond motifs is 1. The Balaban J connectivity index is 1.88. The highest BCUT2D eigenvalue weighted by Gasteiger charge is 2.06. The van der Waals surface area contributed by atoms with E-state index < -0.39 is 0 Å². The molecule has 0 bridgehead atoms. The quantitative estimate of drug-likeness (QED) is 0.516. The van der Waals surface area contributed by atoms with E-state index in [4.69, 9.17) is 0 Å². The third-order valence-corrected chi connectivity index (χ3v) is 3.79. The minimum Gasteiger partial charge on any atom is -0.315 e. The molecular weight excluding hydrogens is 275 g/mol. The number of pyridine rings is 1. The Bertz CT molecular complexity index is 925. The van der Waals surface area contributed by atoms with E-state index in [-0.39, 0.29) is 5.82 Å². The summed E-state index contributed by atoms with van der Waals surface area (Å²) in [6.07, 6.45) is 5.64. The van der Waals surface area contributed by atoms with Crippen LogP contribution < -0.4 is 0 Å². The lowest BCUT2D eigenvalue weighted by atomic mass is 10.0. The van der Waals surface area contributed by atoms with Crippen molar-refractivity contribution in [3.63, 3.8) is 0 Å². The molecule has 0 saturated heterocycles. The monoisotopic (exact) mass is 288 g/mol. The summed E-state index contributed by atoms with van der Waals surface area (Å²) in [5.74, 6) is -0.219. The molecule has 0 aliphatic carbocycles. The van der Waals surface area contributed by atoms with Crippen LogP contribution in [0.5, 0.6) is 0 Å². The number of benzene rings is 2. The summed E-state index contributed by atoms with van der Waals surface area (Å²) in [5, 5.41) is 1.16. The first-order chi connectivity index (χ1) is 10.8. The van der Waals surface area contributed by atoms with Gasteiger partial charge in [0.25, 0.3) is 0 Å². The molecule has 0 unspecified atom stereocenters. The molecule has 0 aliphatic rings. The molecular formula is C19H13FN2. The molecule has 2 nitrogen and oxygen atoms in total. The van der Waals surface area contributed by atoms with Crippen LogP contribution in [0.3, 0.4) is 0 Å². The number of halogens is 1. The summed E-state index contributed by atoms with van der Waals surface area (Å²) in [7, 11) is 0. The van der Waals surface area contributed by atoms with Gasteiger partial charge in [-0.05, 0) is 52.9 Å². The predicted octanol–water partition coefficient (Wildman–Crippen LogP) is 4.83. The SMILES string of the molecule is Fc1ccc(-c2ccc3ccn(-c4cccnc4)c3c2)cc1. The van der Waals surface area contributed by atoms with Crippen molar-refractivity contribution in [2.24, 2.45) is 0 Å². The van der Waals surface area contributed by atoms with Gasteiger partial charge in [-0.3, -0.25) is 4.98 Å². The number of nitrogens with zero attached hydrogens (tertiary/aromatic N) is 2. The third-order valence-electron chi connectivity index (χ3n) is 3.79. The van der Waals surface area contributed by atoms with E-state index in [9.17, 15) is 4.39 Å². The standard InChI is InChI=1S/C19H13FN2/c20-17-7-5-14(6-8-17)16-4-3-15-9-11-22(19(15)12-16)18-2-1-10-21-13-18/h1-13H. The first kappa shape index (κ1) is 12.8. The summed E-state index contributed by atoms with van der Waals surface area (Å²) < 4.78 is 15.2. The van der Waals surface area contributed by atoms with Crippen LogP contribution in [0.15, 0.2) is 79.3 Å². The molecule has 0 fully saturated rings. The van der Waals surface area contributed by atoms with Crippen molar-refractivity contribution in [2.75, 3.05) is 0 Å². The van der Waals surface area contributed by atoms with Crippen molar-refractivity contribution >= 4 is 10.9 Å². The van der Waals surface area contributed by atoms with Crippen LogP contribution in [-0.4, -0.2) is 9.55 Å². The van der Waals surface area contributed by atoms with Gasteiger partial charge in [-0.25, -0.2) is 4.39 Å². The normalized spacial score (nSPS) is 11.0. The average Bonchev–Trinajstić information content (AvgIpc) is 2.99. The highest BCUT2D eigenvalue weighted by Crippen LogP contribution is 2.27. The Morgan fingerprint density at radius 3 is 2.45 bits per heavy atom. The Hall–Kier alpha value is -2.94. The Labute approximate surface area is 127 Å². The fraction of sp³-hybridized carbons (Fsp3) is 0. The van der Waals surface area contributed by atoms with E-state index in [1.54, 1.807) is 18.3 Å². The van der Waals surface area contributed by atoms with E-state index in [0.717, 1.165) is 27.7 Å². The highest BCUT2D eigenvalue weighted by atomic mass is 19.1. The zero-order valence-corrected chi connectivity index (χ0v) is 11.8. The minimum absolute atomic E-state index is 0.219. The number of hydrogen-bond acceptors (Lipinski definition) is 1. The van der Waals surface area contributed by atoms with Crippen molar-refractivity contribution in [2.45, 2.75) is 0 Å². The predicted molar refractivity (Wildman–Crippen MR) is 86.5 cm³/mol. The van der Waals surface area contributed by atoms with Crippen molar-refractivity contribution in [1.29, 1.82) is 0 Å². The summed E-state index contributed by atoms with van der Waals surface area (Å²) >= 11 is 0. The van der Waals surface area contributed by atoms with Crippen LogP contribution in [0.1, 0.15) is 0 Å². The largest absolute Gasteiger partial charge is 0.315 e. The second-order valence-electron chi connectivity index (χ2n) is 5.18. The topological polar surface area (TPSA) is 17.8 Å². The maximum absolute atomic E-state index is 13.1. The van der Waals surface area contributed by atoms with Crippen LogP contribution in [0.2, 0.25) is 0 Å². The molecule has 0 radical (unpaired) electrons. The molecule has 3 heteroatoms. The average molecular weight is 288 g/mol. The molecule has 0 N–H and O–H groups in total. The van der Waals surface area contributed by atoms with Crippen molar-refractivity contribution in [3.8, 4) is 16.8 Å². The molecule has 0 atom stereocenters. The molecule has 2 aromatic carbocycles. The molecule has 106 valence electrons. The van der Waals surface area contributed by atoms with E-state index in [0.29, 0.717) is 0 Å². The van der Waals surface area contributed by atoms with Gasteiger partial charge in [0, 0.05) is 12.4 Å². The van der Waals surface area contributed by atoms with Gasteiger partial charge in [-0.15, -0.1) is 0 Å². The number of aromatic nitrogens is 2. The van der Waals surface area contributed by atoms with Gasteiger partial charge in [0.1, 0.15) is 5.82 Å². The van der Waals surface area contributed by atoms with E-state index in [1.807, 2.05) is 24.5 Å². The molecule has 0 spiro atoms. The lowest BCUT2D eigenvalue weighted by Crippen LogP contribution is -1.92. The fourth-order valence-electron chi connectivity index (χ4n) is 2.67. The van der Waals surface area contributed by atoms with Gasteiger partial charge < -0.3 is 4.57 Å². The van der Waals surface area contributed by atoms with E-state index >= 15 is 0 Å². The summed E-state index contributed by atoms with van der Waals surface area (Å²) in [6, 6.07) is 18.9. The number of rotatable bonds is 2. The van der Waals surface area contributed by atoms with Gasteiger partial charge >= 0.3 is 0 Å². The van der Waals surface area contributed by atoms with Gasteiger partial charge in [0.05, 0.1) is 17.4 Å². The molecule has 0 aliphatic heterocycles. The molecule has 0 saturated carbocycles. The molecule has 0 amide bonds. The van der Waals surface area contributed by atoms with Gasteiger partial charge in [0.15, 0.2) is 0 Å². The molecule has 22 heavy (non-hydrogen) atoms. The second kappa shape index (κ2) is 5.11. The Morgan fingerprint density at radius 1 is 0.864 bits per heavy atom. The molecule has 4 aromatic rings. The first-order valence-corrected chi connectivity index (χ1v) is 7.09. The van der Waals surface area contributed by atoms with Crippen LogP contribution in [-0.2, 0) is 0 Å². The van der Waals surface area contributed by atoms with Crippen LogP contribution in [0.4, 0.5) is 4.39 Å². The van der Waals surface area contributed by atoms with Gasteiger partial charge in [0.2, 0.25) is 0 Å². The van der Waals surface area contributed by atoms with Crippen molar-refractivity contribution < 1.29 is 4.39 Å². The second-order valence-corrected chi connectivity index (χ2v) is 5.18. The molecule has 4 rings (SSSR count). The maximum atomic E-state index is 13.1.